The van der Waals surface area contributed by atoms with Crippen LogP contribution in [0.5, 0.6) is 11.5 Å². The van der Waals surface area contributed by atoms with Gasteiger partial charge in [-0.3, -0.25) is 0 Å². The van der Waals surface area contributed by atoms with Gasteiger partial charge >= 0.3 is 5.69 Å². The maximum atomic E-state index is 5.91. The highest BCUT2D eigenvalue weighted by molar-refractivity contribution is 8.68. The maximum Gasteiger partial charge on any atom is 0.348 e. The van der Waals surface area contributed by atoms with Gasteiger partial charge in [-0.2, -0.15) is 0 Å². The Bertz CT molecular complexity index is 500. The molecule has 19 heavy (non-hydrogen) atoms. The summed E-state index contributed by atoms with van der Waals surface area (Å²) < 4.78 is 11.8. The molecule has 0 fully saturated rings. The molecule has 100 valence electrons. The summed E-state index contributed by atoms with van der Waals surface area (Å²) in [6, 6.07) is 19.2. The lowest BCUT2D eigenvalue weighted by molar-refractivity contribution is 0.506. The van der Waals surface area contributed by atoms with E-state index in [0.29, 0.717) is 0 Å². The summed E-state index contributed by atoms with van der Waals surface area (Å²) in [5, 5.41) is 0. The van der Waals surface area contributed by atoms with Crippen molar-refractivity contribution in [2.24, 2.45) is 0 Å². The van der Waals surface area contributed by atoms with Gasteiger partial charge in [0.1, 0.15) is 11.5 Å². The molecule has 0 radical (unpaired) electrons. The molecule has 0 unspecified atom stereocenters. The fourth-order valence-corrected chi connectivity index (χ4v) is 5.92. The van der Waals surface area contributed by atoms with Crippen LogP contribution in [0.4, 0.5) is 0 Å². The van der Waals surface area contributed by atoms with E-state index in [1.54, 1.807) is 11.4 Å². The van der Waals surface area contributed by atoms with Gasteiger partial charge in [0.05, 0.1) is 0 Å². The summed E-state index contributed by atoms with van der Waals surface area (Å²) in [4.78, 5) is 0. The average Bonchev–Trinajstić information content (AvgIpc) is 2.41. The molecule has 0 saturated heterocycles. The van der Waals surface area contributed by atoms with Gasteiger partial charge in [0, 0.05) is 5.75 Å². The van der Waals surface area contributed by atoms with Crippen molar-refractivity contribution in [2.75, 3.05) is 5.75 Å². The van der Waals surface area contributed by atoms with Crippen molar-refractivity contribution < 1.29 is 9.05 Å². The molecule has 2 aromatic carbocycles. The lowest BCUT2D eigenvalue weighted by atomic mass is 10.3. The minimum atomic E-state index is -2.41. The van der Waals surface area contributed by atoms with E-state index >= 15 is 0 Å². The third kappa shape index (κ3) is 4.57. The zero-order chi connectivity index (χ0) is 13.6. The predicted molar refractivity (Wildman–Crippen MR) is 86.6 cm³/mol. The number of para-hydroxylation sites is 2. The second kappa shape index (κ2) is 6.99. The van der Waals surface area contributed by atoms with Gasteiger partial charge in [-0.1, -0.05) is 43.3 Å². The highest BCUT2D eigenvalue weighted by Crippen LogP contribution is 2.59. The van der Waals surface area contributed by atoms with Crippen molar-refractivity contribution in [3.05, 3.63) is 60.7 Å². The number of hydrogen-bond acceptors (Lipinski definition) is 4. The minimum absolute atomic E-state index is 0.753. The highest BCUT2D eigenvalue weighted by Gasteiger charge is 2.22. The molecule has 2 aromatic rings. The molecule has 0 N–H and O–H groups in total. The van der Waals surface area contributed by atoms with Crippen molar-refractivity contribution in [1.82, 2.24) is 0 Å². The monoisotopic (exact) mass is 310 g/mol. The largest absolute Gasteiger partial charge is 0.428 e. The molecule has 0 atom stereocenters. The van der Waals surface area contributed by atoms with Gasteiger partial charge in [0.2, 0.25) is 0 Å². The third-order valence-electron chi connectivity index (χ3n) is 2.21. The second-order valence-electron chi connectivity index (χ2n) is 3.67. The summed E-state index contributed by atoms with van der Waals surface area (Å²) in [7, 11) is 0. The Balaban J connectivity index is 2.16. The molecular weight excluding hydrogens is 295 g/mol. The van der Waals surface area contributed by atoms with E-state index in [9.17, 15) is 0 Å². The van der Waals surface area contributed by atoms with Gasteiger partial charge in [-0.05, 0) is 47.5 Å². The van der Waals surface area contributed by atoms with Crippen molar-refractivity contribution in [3.8, 4) is 11.5 Å². The van der Waals surface area contributed by atoms with Crippen LogP contribution in [-0.4, -0.2) is 5.75 Å². The van der Waals surface area contributed by atoms with Gasteiger partial charge < -0.3 is 9.05 Å². The fourth-order valence-electron chi connectivity index (χ4n) is 1.45. The Labute approximate surface area is 123 Å². The molecule has 0 bridgehead atoms. The van der Waals surface area contributed by atoms with Crippen LogP contribution in [0.3, 0.4) is 0 Å². The molecule has 0 spiro atoms. The van der Waals surface area contributed by atoms with Crippen molar-refractivity contribution in [2.45, 2.75) is 6.92 Å². The summed E-state index contributed by atoms with van der Waals surface area (Å²) >= 11 is 7.14. The third-order valence-corrected chi connectivity index (χ3v) is 7.22. The summed E-state index contributed by atoms with van der Waals surface area (Å²) in [6.45, 7) is 2.05. The van der Waals surface area contributed by atoms with E-state index in [2.05, 4.69) is 6.92 Å². The predicted octanol–water partition coefficient (Wildman–Crippen LogP) is 5.12. The van der Waals surface area contributed by atoms with Crippen LogP contribution in [0.15, 0.2) is 60.7 Å². The molecule has 0 aliphatic carbocycles. The number of benzene rings is 2. The highest BCUT2D eigenvalue weighted by atomic mass is 32.9. The van der Waals surface area contributed by atoms with E-state index in [1.807, 2.05) is 60.7 Å². The Morgan fingerprint density at radius 2 is 1.32 bits per heavy atom. The average molecular weight is 310 g/mol. The lowest BCUT2D eigenvalue weighted by Crippen LogP contribution is -1.97. The first-order chi connectivity index (χ1) is 9.22. The van der Waals surface area contributed by atoms with Crippen molar-refractivity contribution >= 4 is 28.9 Å². The Hall–Kier alpha value is -0.960. The standard InChI is InChI=1S/C14H15O2PS2/c1-2-19-17(18,15-13-9-5-3-6-10-13)16-14-11-7-4-8-12-14/h3-12H,2H2,1H3. The van der Waals surface area contributed by atoms with Crippen LogP contribution < -0.4 is 9.05 Å². The maximum absolute atomic E-state index is 5.91. The first-order valence-corrected chi connectivity index (χ1v) is 10.2. The van der Waals surface area contributed by atoms with Gasteiger partial charge in [-0.15, -0.1) is 0 Å². The topological polar surface area (TPSA) is 18.5 Å². The number of rotatable bonds is 6. The fraction of sp³-hybridized carbons (Fsp3) is 0.143. The van der Waals surface area contributed by atoms with E-state index in [-0.39, 0.29) is 0 Å². The van der Waals surface area contributed by atoms with E-state index in [4.69, 9.17) is 20.9 Å². The molecule has 0 aromatic heterocycles. The smallest absolute Gasteiger partial charge is 0.348 e. The Morgan fingerprint density at radius 3 is 1.68 bits per heavy atom. The zero-order valence-electron chi connectivity index (χ0n) is 10.6. The molecule has 2 nitrogen and oxygen atoms in total. The van der Waals surface area contributed by atoms with E-state index in [0.717, 1.165) is 17.3 Å². The van der Waals surface area contributed by atoms with Crippen LogP contribution in [0.1, 0.15) is 6.92 Å². The SMILES string of the molecule is CCSP(=S)(Oc1ccccc1)Oc1ccccc1. The molecule has 0 heterocycles. The van der Waals surface area contributed by atoms with Crippen LogP contribution in [-0.2, 0) is 11.8 Å². The molecule has 0 saturated carbocycles. The van der Waals surface area contributed by atoms with E-state index in [1.165, 1.54) is 0 Å². The Morgan fingerprint density at radius 1 is 0.895 bits per heavy atom. The molecule has 0 amide bonds. The molecular formula is C14H15O2PS2. The Kier molecular flexibility index (Phi) is 5.32. The normalized spacial score (nSPS) is 11.0. The van der Waals surface area contributed by atoms with Gasteiger partial charge in [-0.25, -0.2) is 0 Å². The van der Waals surface area contributed by atoms with Crippen LogP contribution in [0.25, 0.3) is 0 Å². The van der Waals surface area contributed by atoms with Crippen molar-refractivity contribution in [1.29, 1.82) is 0 Å². The van der Waals surface area contributed by atoms with Crippen LogP contribution in [0, 0.1) is 0 Å². The summed E-state index contributed by atoms with van der Waals surface area (Å²) in [5.41, 5.74) is -2.41. The number of hydrogen-bond donors (Lipinski definition) is 0. The van der Waals surface area contributed by atoms with Gasteiger partial charge in [0.25, 0.3) is 0 Å². The van der Waals surface area contributed by atoms with Crippen LogP contribution in [0.2, 0.25) is 0 Å². The lowest BCUT2D eigenvalue weighted by Gasteiger charge is -2.22. The summed E-state index contributed by atoms with van der Waals surface area (Å²) in [5.74, 6) is 2.36. The quantitative estimate of drug-likeness (QED) is 0.689. The van der Waals surface area contributed by atoms with E-state index < -0.39 is 5.69 Å². The van der Waals surface area contributed by atoms with Crippen LogP contribution >= 0.6 is 17.1 Å². The summed E-state index contributed by atoms with van der Waals surface area (Å²) in [6.07, 6.45) is 0. The molecule has 0 aliphatic heterocycles. The molecule has 2 rings (SSSR count). The molecule has 5 heteroatoms. The first kappa shape index (κ1) is 14.4. The zero-order valence-corrected chi connectivity index (χ0v) is 13.1. The second-order valence-corrected chi connectivity index (χ2v) is 10.1. The molecule has 0 aliphatic rings. The first-order valence-electron chi connectivity index (χ1n) is 5.96. The van der Waals surface area contributed by atoms with Gasteiger partial charge in [0.15, 0.2) is 0 Å². The minimum Gasteiger partial charge on any atom is -0.428 e. The van der Waals surface area contributed by atoms with Crippen molar-refractivity contribution in [3.63, 3.8) is 0 Å².